The summed E-state index contributed by atoms with van der Waals surface area (Å²) in [6, 6.07) is 14.5. The molecule has 0 aliphatic heterocycles. The van der Waals surface area contributed by atoms with Crippen LogP contribution in [0, 0.1) is 5.82 Å². The highest BCUT2D eigenvalue weighted by Gasteiger charge is 2.04. The third kappa shape index (κ3) is 6.24. The number of amides is 1. The lowest BCUT2D eigenvalue weighted by Crippen LogP contribution is -2.25. The van der Waals surface area contributed by atoms with E-state index in [0.717, 1.165) is 17.1 Å². The Labute approximate surface area is 146 Å². The Balaban J connectivity index is 1.60. The number of benzene rings is 2. The molecule has 0 unspecified atom stereocenters. The highest BCUT2D eigenvalue weighted by molar-refractivity contribution is 7.98. The first-order valence-electron chi connectivity index (χ1n) is 7.90. The Kier molecular flexibility index (Phi) is 7.62. The van der Waals surface area contributed by atoms with Crippen molar-refractivity contribution in [2.24, 2.45) is 0 Å². The van der Waals surface area contributed by atoms with E-state index >= 15 is 0 Å². The molecule has 3 nitrogen and oxygen atoms in total. The van der Waals surface area contributed by atoms with Crippen molar-refractivity contribution in [3.8, 4) is 5.75 Å². The number of rotatable bonds is 9. The molecule has 1 amide bonds. The van der Waals surface area contributed by atoms with Gasteiger partial charge in [-0.3, -0.25) is 4.79 Å². The van der Waals surface area contributed by atoms with Crippen LogP contribution in [0.3, 0.4) is 0 Å². The second kappa shape index (κ2) is 9.98. The number of nitrogens with one attached hydrogen (secondary N) is 1. The molecule has 0 aliphatic carbocycles. The normalized spacial score (nSPS) is 10.4. The van der Waals surface area contributed by atoms with Crippen LogP contribution in [0.1, 0.15) is 17.5 Å². The number of halogens is 1. The van der Waals surface area contributed by atoms with Gasteiger partial charge in [0.1, 0.15) is 11.6 Å². The lowest BCUT2D eigenvalue weighted by atomic mass is 10.1. The van der Waals surface area contributed by atoms with Crippen LogP contribution in [0.25, 0.3) is 0 Å². The first kappa shape index (κ1) is 18.3. The molecule has 2 aromatic carbocycles. The van der Waals surface area contributed by atoms with E-state index in [4.69, 9.17) is 4.74 Å². The highest BCUT2D eigenvalue weighted by Crippen LogP contribution is 2.15. The number of ether oxygens (including phenoxy) is 1. The van der Waals surface area contributed by atoms with E-state index in [-0.39, 0.29) is 11.7 Å². The van der Waals surface area contributed by atoms with E-state index in [1.807, 2.05) is 30.3 Å². The summed E-state index contributed by atoms with van der Waals surface area (Å²) in [5, 5.41) is 2.90. The first-order chi connectivity index (χ1) is 11.7. The number of hydrogen-bond acceptors (Lipinski definition) is 3. The third-order valence-corrected chi connectivity index (χ3v) is 4.57. The zero-order valence-electron chi connectivity index (χ0n) is 13.8. The molecule has 0 radical (unpaired) electrons. The summed E-state index contributed by atoms with van der Waals surface area (Å²) in [5.74, 6) is 2.04. The van der Waals surface area contributed by atoms with Gasteiger partial charge in [-0.05, 0) is 35.7 Å². The van der Waals surface area contributed by atoms with Crippen molar-refractivity contribution in [2.75, 3.05) is 19.4 Å². The van der Waals surface area contributed by atoms with Crippen molar-refractivity contribution in [3.63, 3.8) is 0 Å². The fourth-order valence-electron chi connectivity index (χ4n) is 2.23. The molecule has 0 aromatic heterocycles. The third-order valence-electron chi connectivity index (χ3n) is 3.56. The molecule has 0 saturated heterocycles. The fraction of sp³-hybridized carbons (Fsp3) is 0.316. The summed E-state index contributed by atoms with van der Waals surface area (Å²) in [4.78, 5) is 11.8. The summed E-state index contributed by atoms with van der Waals surface area (Å²) in [5.41, 5.74) is 1.78. The molecule has 0 aliphatic rings. The lowest BCUT2D eigenvalue weighted by molar-refractivity contribution is -0.120. The van der Waals surface area contributed by atoms with Crippen LogP contribution in [0.2, 0.25) is 0 Å². The predicted octanol–water partition coefficient (Wildman–Crippen LogP) is 3.82. The van der Waals surface area contributed by atoms with Crippen LogP contribution < -0.4 is 10.1 Å². The zero-order chi connectivity index (χ0) is 17.2. The Hall–Kier alpha value is -2.01. The number of aryl methyl sites for hydroxylation is 1. The molecule has 128 valence electrons. The van der Waals surface area contributed by atoms with E-state index in [1.54, 1.807) is 31.0 Å². The minimum Gasteiger partial charge on any atom is -0.497 e. The van der Waals surface area contributed by atoms with Crippen molar-refractivity contribution in [1.82, 2.24) is 5.32 Å². The fourth-order valence-corrected chi connectivity index (χ4v) is 3.08. The molecular formula is C19H22FNO2S. The summed E-state index contributed by atoms with van der Waals surface area (Å²) in [6.07, 6.45) is 1.14. The molecule has 24 heavy (non-hydrogen) atoms. The minimum atomic E-state index is -0.174. The largest absolute Gasteiger partial charge is 0.497 e. The van der Waals surface area contributed by atoms with E-state index in [2.05, 4.69) is 5.32 Å². The quantitative estimate of drug-likeness (QED) is 0.701. The highest BCUT2D eigenvalue weighted by atomic mass is 32.2. The molecule has 0 spiro atoms. The second-order valence-corrected chi connectivity index (χ2v) is 6.45. The van der Waals surface area contributed by atoms with Gasteiger partial charge in [0, 0.05) is 24.5 Å². The van der Waals surface area contributed by atoms with Gasteiger partial charge in [0.15, 0.2) is 0 Å². The van der Waals surface area contributed by atoms with Crippen molar-refractivity contribution in [1.29, 1.82) is 0 Å². The van der Waals surface area contributed by atoms with Gasteiger partial charge in [-0.2, -0.15) is 11.8 Å². The maximum Gasteiger partial charge on any atom is 0.220 e. The summed E-state index contributed by atoms with van der Waals surface area (Å²) >= 11 is 1.61. The topological polar surface area (TPSA) is 38.3 Å². The molecule has 5 heteroatoms. The number of carbonyl (C=O) groups is 1. The Morgan fingerprint density at radius 3 is 2.83 bits per heavy atom. The first-order valence-corrected chi connectivity index (χ1v) is 9.05. The molecule has 1 N–H and O–H groups in total. The summed E-state index contributed by atoms with van der Waals surface area (Å²) < 4.78 is 18.6. The molecule has 0 fully saturated rings. The summed E-state index contributed by atoms with van der Waals surface area (Å²) in [7, 11) is 1.63. The maximum atomic E-state index is 13.5. The Morgan fingerprint density at radius 1 is 1.21 bits per heavy atom. The molecule has 0 saturated carbocycles. The molecule has 2 aromatic rings. The van der Waals surface area contributed by atoms with Gasteiger partial charge >= 0.3 is 0 Å². The SMILES string of the molecule is COc1cccc(CCC(=O)NCCSCc2ccccc2F)c1. The smallest absolute Gasteiger partial charge is 0.220 e. The van der Waals surface area contributed by atoms with E-state index in [9.17, 15) is 9.18 Å². The molecule has 0 heterocycles. The van der Waals surface area contributed by atoms with Crippen molar-refractivity contribution in [3.05, 3.63) is 65.5 Å². The van der Waals surface area contributed by atoms with Crippen LogP contribution in [0.5, 0.6) is 5.75 Å². The van der Waals surface area contributed by atoms with Crippen LogP contribution in [0.15, 0.2) is 48.5 Å². The molecule has 0 atom stereocenters. The van der Waals surface area contributed by atoms with Gasteiger partial charge in [-0.25, -0.2) is 4.39 Å². The predicted molar refractivity (Wildman–Crippen MR) is 96.9 cm³/mol. The standard InChI is InChI=1S/C19H22FNO2S/c1-23-17-7-4-5-15(13-17)9-10-19(22)21-11-12-24-14-16-6-2-3-8-18(16)20/h2-8,13H,9-12,14H2,1H3,(H,21,22). The average molecular weight is 347 g/mol. The maximum absolute atomic E-state index is 13.5. The van der Waals surface area contributed by atoms with Crippen LogP contribution in [-0.2, 0) is 17.0 Å². The average Bonchev–Trinajstić information content (AvgIpc) is 2.61. The second-order valence-electron chi connectivity index (χ2n) is 5.35. The van der Waals surface area contributed by atoms with Gasteiger partial charge in [0.2, 0.25) is 5.91 Å². The van der Waals surface area contributed by atoms with Crippen LogP contribution in [-0.4, -0.2) is 25.3 Å². The number of thioether (sulfide) groups is 1. The van der Waals surface area contributed by atoms with Gasteiger partial charge in [0.25, 0.3) is 0 Å². The summed E-state index contributed by atoms with van der Waals surface area (Å²) in [6.45, 7) is 0.593. The van der Waals surface area contributed by atoms with E-state index in [1.165, 1.54) is 6.07 Å². The number of hydrogen-bond donors (Lipinski definition) is 1. The van der Waals surface area contributed by atoms with Crippen LogP contribution >= 0.6 is 11.8 Å². The van der Waals surface area contributed by atoms with Crippen LogP contribution in [0.4, 0.5) is 4.39 Å². The zero-order valence-corrected chi connectivity index (χ0v) is 14.6. The van der Waals surface area contributed by atoms with Gasteiger partial charge < -0.3 is 10.1 Å². The Morgan fingerprint density at radius 2 is 2.04 bits per heavy atom. The minimum absolute atomic E-state index is 0.0318. The van der Waals surface area contributed by atoms with Gasteiger partial charge in [-0.1, -0.05) is 30.3 Å². The molecular weight excluding hydrogens is 325 g/mol. The van der Waals surface area contributed by atoms with Crippen molar-refractivity contribution < 1.29 is 13.9 Å². The van der Waals surface area contributed by atoms with Crippen molar-refractivity contribution in [2.45, 2.75) is 18.6 Å². The number of methoxy groups -OCH3 is 1. The van der Waals surface area contributed by atoms with E-state index < -0.39 is 0 Å². The Bertz CT molecular complexity index is 663. The van der Waals surface area contributed by atoms with Gasteiger partial charge in [-0.15, -0.1) is 0 Å². The lowest BCUT2D eigenvalue weighted by Gasteiger charge is -2.07. The molecule has 0 bridgehead atoms. The van der Waals surface area contributed by atoms with Gasteiger partial charge in [0.05, 0.1) is 7.11 Å². The monoisotopic (exact) mass is 347 g/mol. The molecule has 2 rings (SSSR count). The number of carbonyl (C=O) groups excluding carboxylic acids is 1. The van der Waals surface area contributed by atoms with Crippen molar-refractivity contribution >= 4 is 17.7 Å². The van der Waals surface area contributed by atoms with E-state index in [0.29, 0.717) is 30.7 Å².